The number of nitrogens with two attached hydrogens (primary N) is 1. The highest BCUT2D eigenvalue weighted by atomic mass is 35.5. The first kappa shape index (κ1) is 15.5. The van der Waals surface area contributed by atoms with Crippen molar-refractivity contribution in [2.75, 3.05) is 0 Å². The first-order chi connectivity index (χ1) is 9.95. The summed E-state index contributed by atoms with van der Waals surface area (Å²) in [6.45, 7) is 2.03. The molecule has 2 rings (SSSR count). The van der Waals surface area contributed by atoms with Crippen molar-refractivity contribution in [2.45, 2.75) is 25.8 Å². The lowest BCUT2D eigenvalue weighted by Gasteiger charge is -2.12. The summed E-state index contributed by atoms with van der Waals surface area (Å²) < 4.78 is 0. The van der Waals surface area contributed by atoms with Gasteiger partial charge in [-0.3, -0.25) is 10.1 Å². The molecule has 0 bridgehead atoms. The van der Waals surface area contributed by atoms with Gasteiger partial charge in [-0.05, 0) is 31.4 Å². The van der Waals surface area contributed by atoms with Gasteiger partial charge in [0.2, 0.25) is 0 Å². The summed E-state index contributed by atoms with van der Waals surface area (Å²) in [6, 6.07) is 12.6. The number of hydrogen-bond donors (Lipinski definition) is 1. The number of nitro benzene ring substituents is 1. The second-order valence-electron chi connectivity index (χ2n) is 5.19. The molecule has 4 nitrogen and oxygen atoms in total. The zero-order valence-electron chi connectivity index (χ0n) is 11.8. The van der Waals surface area contributed by atoms with E-state index in [0.29, 0.717) is 23.4 Å². The molecular formula is C16H17ClN2O2. The van der Waals surface area contributed by atoms with Crippen molar-refractivity contribution in [1.29, 1.82) is 0 Å². The molecule has 21 heavy (non-hydrogen) atoms. The summed E-state index contributed by atoms with van der Waals surface area (Å²) in [5, 5.41) is 11.4. The molecule has 1 unspecified atom stereocenters. The molecule has 0 aromatic heterocycles. The van der Waals surface area contributed by atoms with E-state index in [4.69, 9.17) is 17.3 Å². The van der Waals surface area contributed by atoms with Gasteiger partial charge in [0.05, 0.1) is 4.92 Å². The lowest BCUT2D eigenvalue weighted by molar-refractivity contribution is -0.385. The summed E-state index contributed by atoms with van der Waals surface area (Å²) >= 11 is 5.81. The Morgan fingerprint density at radius 3 is 2.67 bits per heavy atom. The molecule has 110 valence electrons. The first-order valence-electron chi connectivity index (χ1n) is 6.69. The Labute approximate surface area is 128 Å². The maximum absolute atomic E-state index is 11.1. The molecule has 5 heteroatoms. The van der Waals surface area contributed by atoms with Gasteiger partial charge in [-0.25, -0.2) is 0 Å². The Morgan fingerprint density at radius 2 is 2.00 bits per heavy atom. The SMILES string of the molecule is Cc1cccc(CC(N)Cc2ccc(Cl)cc2[N+](=O)[O-])c1. The Morgan fingerprint density at radius 1 is 1.24 bits per heavy atom. The van der Waals surface area contributed by atoms with E-state index in [-0.39, 0.29) is 11.7 Å². The van der Waals surface area contributed by atoms with Crippen LogP contribution in [0.25, 0.3) is 0 Å². The molecule has 0 amide bonds. The molecule has 0 aliphatic rings. The number of hydrogen-bond acceptors (Lipinski definition) is 3. The average molecular weight is 305 g/mol. The number of nitro groups is 1. The molecule has 0 spiro atoms. The number of nitrogens with zero attached hydrogens (tertiary/aromatic N) is 1. The Balaban J connectivity index is 2.12. The summed E-state index contributed by atoms with van der Waals surface area (Å²) in [4.78, 5) is 10.6. The van der Waals surface area contributed by atoms with Gasteiger partial charge in [-0.1, -0.05) is 47.5 Å². The van der Waals surface area contributed by atoms with Crippen LogP contribution in [0.5, 0.6) is 0 Å². The number of benzene rings is 2. The third-order valence-electron chi connectivity index (χ3n) is 3.31. The van der Waals surface area contributed by atoms with Gasteiger partial charge in [0.25, 0.3) is 5.69 Å². The van der Waals surface area contributed by atoms with E-state index in [1.54, 1.807) is 12.1 Å². The first-order valence-corrected chi connectivity index (χ1v) is 7.07. The fraction of sp³-hybridized carbons (Fsp3) is 0.250. The highest BCUT2D eigenvalue weighted by molar-refractivity contribution is 6.30. The maximum atomic E-state index is 11.1. The van der Waals surface area contributed by atoms with Crippen LogP contribution < -0.4 is 5.73 Å². The number of aryl methyl sites for hydroxylation is 1. The molecule has 0 fully saturated rings. The topological polar surface area (TPSA) is 69.2 Å². The van der Waals surface area contributed by atoms with Gasteiger partial charge < -0.3 is 5.73 Å². The predicted molar refractivity (Wildman–Crippen MR) is 84.7 cm³/mol. The third kappa shape index (κ3) is 4.28. The van der Waals surface area contributed by atoms with E-state index >= 15 is 0 Å². The van der Waals surface area contributed by atoms with Gasteiger partial charge in [-0.2, -0.15) is 0 Å². The second-order valence-corrected chi connectivity index (χ2v) is 5.62. The Kier molecular flexibility index (Phi) is 4.94. The van der Waals surface area contributed by atoms with E-state index < -0.39 is 4.92 Å². The van der Waals surface area contributed by atoms with E-state index in [0.717, 1.165) is 5.56 Å². The molecule has 0 heterocycles. The van der Waals surface area contributed by atoms with Crippen LogP contribution in [0.2, 0.25) is 5.02 Å². The minimum Gasteiger partial charge on any atom is -0.327 e. The van der Waals surface area contributed by atoms with E-state index in [2.05, 4.69) is 6.07 Å². The summed E-state index contributed by atoms with van der Waals surface area (Å²) in [7, 11) is 0. The van der Waals surface area contributed by atoms with Crippen LogP contribution in [0.1, 0.15) is 16.7 Å². The van der Waals surface area contributed by atoms with Crippen molar-refractivity contribution in [2.24, 2.45) is 5.73 Å². The quantitative estimate of drug-likeness (QED) is 0.677. The molecule has 0 aliphatic carbocycles. The molecule has 0 aliphatic heterocycles. The minimum absolute atomic E-state index is 0.0298. The standard InChI is InChI=1S/C16H17ClN2O2/c1-11-3-2-4-12(7-11)8-15(18)9-13-5-6-14(17)10-16(13)19(20)21/h2-7,10,15H,8-9,18H2,1H3. The van der Waals surface area contributed by atoms with Crippen LogP contribution in [0.4, 0.5) is 5.69 Å². The summed E-state index contributed by atoms with van der Waals surface area (Å²) in [6.07, 6.45) is 1.13. The lowest BCUT2D eigenvalue weighted by Crippen LogP contribution is -2.25. The third-order valence-corrected chi connectivity index (χ3v) is 3.54. The van der Waals surface area contributed by atoms with Crippen molar-refractivity contribution in [3.05, 3.63) is 74.3 Å². The molecule has 0 saturated carbocycles. The molecule has 0 radical (unpaired) electrons. The zero-order valence-corrected chi connectivity index (χ0v) is 12.5. The van der Waals surface area contributed by atoms with E-state index in [1.165, 1.54) is 11.6 Å². The minimum atomic E-state index is -0.416. The molecule has 1 atom stereocenters. The van der Waals surface area contributed by atoms with Gasteiger partial charge in [0.15, 0.2) is 0 Å². The van der Waals surface area contributed by atoms with Crippen LogP contribution in [-0.2, 0) is 12.8 Å². The zero-order chi connectivity index (χ0) is 15.4. The van der Waals surface area contributed by atoms with Crippen molar-refractivity contribution in [3.63, 3.8) is 0 Å². The lowest BCUT2D eigenvalue weighted by atomic mass is 9.98. The summed E-state index contributed by atoms with van der Waals surface area (Å²) in [5.41, 5.74) is 9.10. The smallest absolute Gasteiger partial charge is 0.274 e. The van der Waals surface area contributed by atoms with Crippen LogP contribution in [0.15, 0.2) is 42.5 Å². The van der Waals surface area contributed by atoms with Crippen molar-refractivity contribution < 1.29 is 4.92 Å². The predicted octanol–water partition coefficient (Wildman–Crippen LogP) is 3.67. The normalized spacial score (nSPS) is 12.1. The van der Waals surface area contributed by atoms with Crippen molar-refractivity contribution in [1.82, 2.24) is 0 Å². The Bertz CT molecular complexity index is 658. The Hall–Kier alpha value is -1.91. The van der Waals surface area contributed by atoms with Gasteiger partial charge in [-0.15, -0.1) is 0 Å². The fourth-order valence-electron chi connectivity index (χ4n) is 2.38. The number of halogens is 1. The second kappa shape index (κ2) is 6.70. The average Bonchev–Trinajstić information content (AvgIpc) is 2.40. The molecule has 2 N–H and O–H groups in total. The molecule has 0 saturated heterocycles. The summed E-state index contributed by atoms with van der Waals surface area (Å²) in [5.74, 6) is 0. The monoisotopic (exact) mass is 304 g/mol. The highest BCUT2D eigenvalue weighted by Crippen LogP contribution is 2.24. The van der Waals surface area contributed by atoms with Gasteiger partial charge in [0.1, 0.15) is 0 Å². The highest BCUT2D eigenvalue weighted by Gasteiger charge is 2.17. The van der Waals surface area contributed by atoms with Crippen LogP contribution >= 0.6 is 11.6 Å². The largest absolute Gasteiger partial charge is 0.327 e. The van der Waals surface area contributed by atoms with Crippen molar-refractivity contribution in [3.8, 4) is 0 Å². The maximum Gasteiger partial charge on any atom is 0.274 e. The van der Waals surface area contributed by atoms with Gasteiger partial charge >= 0.3 is 0 Å². The van der Waals surface area contributed by atoms with Crippen LogP contribution in [0, 0.1) is 17.0 Å². The van der Waals surface area contributed by atoms with Gasteiger partial charge in [0, 0.05) is 22.7 Å². The number of rotatable bonds is 5. The molecule has 2 aromatic rings. The van der Waals surface area contributed by atoms with Crippen molar-refractivity contribution >= 4 is 17.3 Å². The van der Waals surface area contributed by atoms with E-state index in [1.807, 2.05) is 25.1 Å². The fourth-order valence-corrected chi connectivity index (χ4v) is 2.54. The van der Waals surface area contributed by atoms with Crippen LogP contribution in [0.3, 0.4) is 0 Å². The van der Waals surface area contributed by atoms with E-state index in [9.17, 15) is 10.1 Å². The molecule has 2 aromatic carbocycles. The molecular weight excluding hydrogens is 288 g/mol. The van der Waals surface area contributed by atoms with Crippen LogP contribution in [-0.4, -0.2) is 11.0 Å².